The van der Waals surface area contributed by atoms with E-state index in [1.807, 2.05) is 18.2 Å². The predicted molar refractivity (Wildman–Crippen MR) is 91.4 cm³/mol. The van der Waals surface area contributed by atoms with Crippen molar-refractivity contribution in [1.29, 1.82) is 10.5 Å². The second-order valence-electron chi connectivity index (χ2n) is 6.87. The topological polar surface area (TPSA) is 90.7 Å². The van der Waals surface area contributed by atoms with Crippen molar-refractivity contribution in [2.75, 3.05) is 0 Å². The van der Waals surface area contributed by atoms with Crippen LogP contribution in [0, 0.1) is 50.0 Å². The van der Waals surface area contributed by atoms with E-state index in [-0.39, 0.29) is 17.0 Å². The number of nitrogens with zero attached hydrogens (tertiary/aromatic N) is 3. The molecule has 122 valence electrons. The van der Waals surface area contributed by atoms with Crippen LogP contribution in [0.4, 0.5) is 5.69 Å². The van der Waals surface area contributed by atoms with Gasteiger partial charge in [-0.05, 0) is 36.0 Å². The highest BCUT2D eigenvalue weighted by molar-refractivity contribution is 5.55. The van der Waals surface area contributed by atoms with E-state index in [1.54, 1.807) is 12.1 Å². The zero-order valence-electron chi connectivity index (χ0n) is 13.8. The van der Waals surface area contributed by atoms with Gasteiger partial charge in [-0.2, -0.15) is 10.5 Å². The number of non-ortho nitro benzene ring substituents is 1. The molecule has 1 aromatic carbocycles. The first-order valence-corrected chi connectivity index (χ1v) is 7.77. The number of hydrogen-bond acceptors (Lipinski definition) is 4. The summed E-state index contributed by atoms with van der Waals surface area (Å²) < 4.78 is 0. The van der Waals surface area contributed by atoms with Crippen LogP contribution in [0.5, 0.6) is 0 Å². The highest BCUT2D eigenvalue weighted by atomic mass is 16.6. The molecule has 0 aliphatic heterocycles. The van der Waals surface area contributed by atoms with E-state index in [9.17, 15) is 10.1 Å². The summed E-state index contributed by atoms with van der Waals surface area (Å²) in [4.78, 5) is 10.2. The van der Waals surface area contributed by atoms with Crippen molar-refractivity contribution in [3.8, 4) is 12.1 Å². The van der Waals surface area contributed by atoms with Gasteiger partial charge in [0.1, 0.15) is 5.92 Å². The van der Waals surface area contributed by atoms with Crippen molar-refractivity contribution < 1.29 is 4.92 Å². The summed E-state index contributed by atoms with van der Waals surface area (Å²) in [5.74, 6) is -0.701. The lowest BCUT2D eigenvalue weighted by Gasteiger charge is -2.34. The number of nitro groups is 1. The first kappa shape index (κ1) is 17.4. The van der Waals surface area contributed by atoms with E-state index in [4.69, 9.17) is 10.5 Å². The SMILES string of the molecule is CC1(C)CC(/C=C/c2ccc([N+](=O)[O-])cc2)=CC(C(C#N)C#N)C1. The fourth-order valence-electron chi connectivity index (χ4n) is 3.11. The molecule has 0 spiro atoms. The van der Waals surface area contributed by atoms with Crippen LogP contribution in [-0.2, 0) is 0 Å². The minimum Gasteiger partial charge on any atom is -0.258 e. The summed E-state index contributed by atoms with van der Waals surface area (Å²) in [6, 6.07) is 10.5. The standard InChI is InChI=1S/C19H19N3O2/c1-19(2)10-15(9-16(11-19)17(12-20)13-21)4-3-14-5-7-18(8-6-14)22(23)24/h3-9,16-17H,10-11H2,1-2H3/b4-3+. The van der Waals surface area contributed by atoms with Crippen LogP contribution in [0.2, 0.25) is 0 Å². The molecular weight excluding hydrogens is 302 g/mol. The Hall–Kier alpha value is -2.92. The molecule has 5 heteroatoms. The zero-order valence-corrected chi connectivity index (χ0v) is 13.8. The lowest BCUT2D eigenvalue weighted by atomic mass is 9.69. The Labute approximate surface area is 141 Å². The Morgan fingerprint density at radius 1 is 1.25 bits per heavy atom. The van der Waals surface area contributed by atoms with Gasteiger partial charge in [0.2, 0.25) is 0 Å². The monoisotopic (exact) mass is 321 g/mol. The van der Waals surface area contributed by atoms with Crippen LogP contribution in [0.25, 0.3) is 6.08 Å². The molecule has 0 saturated carbocycles. The molecule has 0 aromatic heterocycles. The average molecular weight is 321 g/mol. The van der Waals surface area contributed by atoms with Gasteiger partial charge in [0, 0.05) is 18.1 Å². The van der Waals surface area contributed by atoms with Gasteiger partial charge in [-0.15, -0.1) is 0 Å². The fourth-order valence-corrected chi connectivity index (χ4v) is 3.11. The summed E-state index contributed by atoms with van der Waals surface area (Å²) >= 11 is 0. The van der Waals surface area contributed by atoms with E-state index >= 15 is 0 Å². The Bertz CT molecular complexity index is 747. The van der Waals surface area contributed by atoms with Crippen molar-refractivity contribution in [2.45, 2.75) is 26.7 Å². The van der Waals surface area contributed by atoms with Crippen molar-refractivity contribution in [3.63, 3.8) is 0 Å². The smallest absolute Gasteiger partial charge is 0.258 e. The van der Waals surface area contributed by atoms with E-state index in [0.29, 0.717) is 0 Å². The molecule has 0 radical (unpaired) electrons. The van der Waals surface area contributed by atoms with Crippen molar-refractivity contribution in [2.24, 2.45) is 17.3 Å². The van der Waals surface area contributed by atoms with Gasteiger partial charge < -0.3 is 0 Å². The molecular formula is C19H19N3O2. The van der Waals surface area contributed by atoms with E-state index in [1.165, 1.54) is 12.1 Å². The maximum atomic E-state index is 10.7. The third-order valence-corrected chi connectivity index (χ3v) is 4.20. The molecule has 1 unspecified atom stereocenters. The molecule has 1 aromatic rings. The molecule has 5 nitrogen and oxygen atoms in total. The Morgan fingerprint density at radius 3 is 2.42 bits per heavy atom. The van der Waals surface area contributed by atoms with Gasteiger partial charge in [0.25, 0.3) is 5.69 Å². The normalized spacial score (nSPS) is 19.5. The van der Waals surface area contributed by atoms with Gasteiger partial charge in [0.05, 0.1) is 17.1 Å². The summed E-state index contributed by atoms with van der Waals surface area (Å²) in [6.45, 7) is 4.27. The van der Waals surface area contributed by atoms with Crippen molar-refractivity contribution >= 4 is 11.8 Å². The van der Waals surface area contributed by atoms with Crippen LogP contribution in [0.3, 0.4) is 0 Å². The largest absolute Gasteiger partial charge is 0.269 e. The minimum absolute atomic E-state index is 0.0283. The number of nitriles is 2. The molecule has 0 fully saturated rings. The average Bonchev–Trinajstić information content (AvgIpc) is 2.53. The van der Waals surface area contributed by atoms with Gasteiger partial charge in [-0.25, -0.2) is 0 Å². The Balaban J connectivity index is 2.21. The lowest BCUT2D eigenvalue weighted by Crippen LogP contribution is -2.25. The number of hydrogen-bond donors (Lipinski definition) is 0. The van der Waals surface area contributed by atoms with Crippen LogP contribution >= 0.6 is 0 Å². The molecule has 0 N–H and O–H groups in total. The second kappa shape index (κ2) is 7.10. The molecule has 1 atom stereocenters. The number of nitro benzene ring substituents is 1. The first-order chi connectivity index (χ1) is 11.3. The molecule has 0 bridgehead atoms. The van der Waals surface area contributed by atoms with Crippen LogP contribution < -0.4 is 0 Å². The predicted octanol–water partition coefficient (Wildman–Crippen LogP) is 4.63. The lowest BCUT2D eigenvalue weighted by molar-refractivity contribution is -0.384. The van der Waals surface area contributed by atoms with E-state index in [2.05, 4.69) is 26.0 Å². The number of allylic oxidation sites excluding steroid dienone is 3. The number of benzene rings is 1. The zero-order chi connectivity index (χ0) is 17.7. The van der Waals surface area contributed by atoms with E-state index < -0.39 is 10.8 Å². The Kier molecular flexibility index (Phi) is 5.16. The van der Waals surface area contributed by atoms with E-state index in [0.717, 1.165) is 24.0 Å². The summed E-state index contributed by atoms with van der Waals surface area (Å²) in [5, 5.41) is 28.9. The number of rotatable bonds is 4. The second-order valence-corrected chi connectivity index (χ2v) is 6.87. The van der Waals surface area contributed by atoms with Crippen molar-refractivity contribution in [3.05, 3.63) is 57.7 Å². The molecule has 0 amide bonds. The third kappa shape index (κ3) is 4.30. The maximum absolute atomic E-state index is 10.7. The highest BCUT2D eigenvalue weighted by Crippen LogP contribution is 2.41. The van der Waals surface area contributed by atoms with Gasteiger partial charge >= 0.3 is 0 Å². The van der Waals surface area contributed by atoms with Gasteiger partial charge in [-0.1, -0.05) is 37.6 Å². The third-order valence-electron chi connectivity index (χ3n) is 4.20. The highest BCUT2D eigenvalue weighted by Gasteiger charge is 2.32. The Morgan fingerprint density at radius 2 is 1.88 bits per heavy atom. The fraction of sp³-hybridized carbons (Fsp3) is 0.368. The minimum atomic E-state index is -0.632. The van der Waals surface area contributed by atoms with Crippen LogP contribution in [-0.4, -0.2) is 4.92 Å². The molecule has 2 rings (SSSR count). The van der Waals surface area contributed by atoms with Crippen LogP contribution in [0.1, 0.15) is 32.3 Å². The van der Waals surface area contributed by atoms with Gasteiger partial charge in [0.15, 0.2) is 0 Å². The molecule has 1 aliphatic rings. The molecule has 0 saturated heterocycles. The van der Waals surface area contributed by atoms with Crippen molar-refractivity contribution in [1.82, 2.24) is 0 Å². The maximum Gasteiger partial charge on any atom is 0.269 e. The first-order valence-electron chi connectivity index (χ1n) is 7.77. The molecule has 0 heterocycles. The molecule has 24 heavy (non-hydrogen) atoms. The molecule has 1 aliphatic carbocycles. The van der Waals surface area contributed by atoms with Gasteiger partial charge in [-0.3, -0.25) is 10.1 Å². The summed E-state index contributed by atoms with van der Waals surface area (Å²) in [5.41, 5.74) is 2.06. The summed E-state index contributed by atoms with van der Waals surface area (Å²) in [7, 11) is 0. The quantitative estimate of drug-likeness (QED) is 0.597. The summed E-state index contributed by atoms with van der Waals surface area (Å²) in [6.07, 6.45) is 7.58. The van der Waals surface area contributed by atoms with Crippen LogP contribution in [0.15, 0.2) is 42.0 Å².